The molecule has 0 amide bonds. The van der Waals surface area contributed by atoms with Crippen molar-refractivity contribution in [1.29, 1.82) is 0 Å². The summed E-state index contributed by atoms with van der Waals surface area (Å²) < 4.78 is 4.98. The number of aliphatic imine (C=N–C) groups is 1. The predicted molar refractivity (Wildman–Crippen MR) is 111 cm³/mol. The lowest BCUT2D eigenvalue weighted by molar-refractivity contribution is 0.0526. The highest BCUT2D eigenvalue weighted by Gasteiger charge is 2.05. The second-order valence-electron chi connectivity index (χ2n) is 6.01. The highest BCUT2D eigenvalue weighted by molar-refractivity contribution is 7.99. The van der Waals surface area contributed by atoms with E-state index in [4.69, 9.17) is 4.74 Å². The van der Waals surface area contributed by atoms with Crippen LogP contribution in [0.4, 0.5) is 5.69 Å². The number of nitrogens with zero attached hydrogens (tertiary/aromatic N) is 1. The van der Waals surface area contributed by atoms with Crippen LogP contribution in [0.25, 0.3) is 0 Å². The van der Waals surface area contributed by atoms with Crippen molar-refractivity contribution in [3.63, 3.8) is 0 Å². The van der Waals surface area contributed by atoms with Crippen LogP contribution in [0.3, 0.4) is 0 Å². The molecule has 0 aliphatic heterocycles. The number of carbonyl (C=O) groups excluding carboxylic acids is 1. The summed E-state index contributed by atoms with van der Waals surface area (Å²) in [6.45, 7) is 4.25. The highest BCUT2D eigenvalue weighted by atomic mass is 32.2. The van der Waals surface area contributed by atoms with Crippen molar-refractivity contribution >= 4 is 29.6 Å². The van der Waals surface area contributed by atoms with Crippen molar-refractivity contribution in [1.82, 2.24) is 0 Å². The smallest absolute Gasteiger partial charge is 0.338 e. The monoisotopic (exact) mass is 375 g/mol. The second kappa shape index (κ2) is 9.19. The van der Waals surface area contributed by atoms with Crippen LogP contribution in [0.1, 0.15) is 28.4 Å². The first-order valence-corrected chi connectivity index (χ1v) is 9.61. The fourth-order valence-electron chi connectivity index (χ4n) is 2.41. The van der Waals surface area contributed by atoms with Gasteiger partial charge in [-0.1, -0.05) is 41.6 Å². The van der Waals surface area contributed by atoms with Gasteiger partial charge in [0.15, 0.2) is 0 Å². The third-order valence-electron chi connectivity index (χ3n) is 3.88. The zero-order chi connectivity index (χ0) is 19.1. The van der Waals surface area contributed by atoms with Crippen LogP contribution in [0.2, 0.25) is 0 Å². The molecule has 0 atom stereocenters. The van der Waals surface area contributed by atoms with Crippen molar-refractivity contribution in [2.24, 2.45) is 4.99 Å². The Morgan fingerprint density at radius 1 is 0.926 bits per heavy atom. The van der Waals surface area contributed by atoms with Gasteiger partial charge in [-0.3, -0.25) is 4.99 Å². The van der Waals surface area contributed by atoms with Crippen LogP contribution < -0.4 is 0 Å². The first kappa shape index (κ1) is 18.9. The maximum atomic E-state index is 11.7. The first-order valence-electron chi connectivity index (χ1n) is 8.80. The minimum Gasteiger partial charge on any atom is -0.462 e. The van der Waals surface area contributed by atoms with Gasteiger partial charge >= 0.3 is 5.97 Å². The first-order chi connectivity index (χ1) is 13.1. The van der Waals surface area contributed by atoms with Crippen molar-refractivity contribution in [2.45, 2.75) is 23.6 Å². The topological polar surface area (TPSA) is 38.7 Å². The van der Waals surface area contributed by atoms with Gasteiger partial charge in [-0.05, 0) is 67.9 Å². The molecule has 0 aliphatic carbocycles. The predicted octanol–water partition coefficient (Wildman–Crippen LogP) is 6.07. The zero-order valence-electron chi connectivity index (χ0n) is 15.4. The maximum Gasteiger partial charge on any atom is 0.338 e. The van der Waals surface area contributed by atoms with Crippen molar-refractivity contribution < 1.29 is 9.53 Å². The zero-order valence-corrected chi connectivity index (χ0v) is 16.2. The van der Waals surface area contributed by atoms with E-state index in [0.717, 1.165) is 11.3 Å². The van der Waals surface area contributed by atoms with Gasteiger partial charge in [0, 0.05) is 16.0 Å². The molecule has 0 spiro atoms. The number of hydrogen-bond donors (Lipinski definition) is 0. The van der Waals surface area contributed by atoms with E-state index in [9.17, 15) is 4.79 Å². The Balaban J connectivity index is 1.62. The van der Waals surface area contributed by atoms with Crippen LogP contribution in [-0.2, 0) is 4.74 Å². The molecule has 3 nitrogen and oxygen atoms in total. The number of ether oxygens (including phenoxy) is 1. The van der Waals surface area contributed by atoms with Crippen LogP contribution in [0.5, 0.6) is 0 Å². The fourth-order valence-corrected chi connectivity index (χ4v) is 3.23. The van der Waals surface area contributed by atoms with E-state index in [1.165, 1.54) is 15.4 Å². The summed E-state index contributed by atoms with van der Waals surface area (Å²) in [4.78, 5) is 18.5. The van der Waals surface area contributed by atoms with Gasteiger partial charge in [-0.2, -0.15) is 0 Å². The number of aryl methyl sites for hydroxylation is 1. The number of benzene rings is 3. The molecule has 0 unspecified atom stereocenters. The van der Waals surface area contributed by atoms with Crippen LogP contribution in [0.15, 0.2) is 87.6 Å². The fraction of sp³-hybridized carbons (Fsp3) is 0.130. The molecule has 0 heterocycles. The summed E-state index contributed by atoms with van der Waals surface area (Å²) >= 11 is 1.74. The molecule has 27 heavy (non-hydrogen) atoms. The van der Waals surface area contributed by atoms with Gasteiger partial charge in [-0.15, -0.1) is 0 Å². The molecule has 0 aromatic heterocycles. The maximum absolute atomic E-state index is 11.7. The van der Waals surface area contributed by atoms with E-state index in [1.54, 1.807) is 30.8 Å². The van der Waals surface area contributed by atoms with E-state index < -0.39 is 0 Å². The largest absolute Gasteiger partial charge is 0.462 e. The quantitative estimate of drug-likeness (QED) is 0.387. The van der Waals surface area contributed by atoms with Gasteiger partial charge in [0.1, 0.15) is 0 Å². The van der Waals surface area contributed by atoms with Gasteiger partial charge in [0.05, 0.1) is 17.9 Å². The average molecular weight is 375 g/mol. The van der Waals surface area contributed by atoms with Crippen molar-refractivity contribution in [3.05, 3.63) is 89.5 Å². The number of rotatable bonds is 6. The van der Waals surface area contributed by atoms with E-state index in [-0.39, 0.29) is 5.97 Å². The van der Waals surface area contributed by atoms with Gasteiger partial charge in [0.2, 0.25) is 0 Å². The third-order valence-corrected chi connectivity index (χ3v) is 4.89. The summed E-state index contributed by atoms with van der Waals surface area (Å²) in [7, 11) is 0. The number of hydrogen-bond acceptors (Lipinski definition) is 4. The van der Waals surface area contributed by atoms with E-state index in [2.05, 4.69) is 48.3 Å². The lowest BCUT2D eigenvalue weighted by Crippen LogP contribution is -2.03. The Bertz CT molecular complexity index is 914. The molecule has 4 heteroatoms. The molecule has 0 aliphatic rings. The summed E-state index contributed by atoms with van der Waals surface area (Å²) in [6, 6.07) is 23.9. The van der Waals surface area contributed by atoms with Crippen LogP contribution in [-0.4, -0.2) is 18.8 Å². The van der Waals surface area contributed by atoms with Crippen molar-refractivity contribution in [2.75, 3.05) is 6.61 Å². The lowest BCUT2D eigenvalue weighted by Gasteiger charge is -2.03. The molecular weight excluding hydrogens is 354 g/mol. The summed E-state index contributed by atoms with van der Waals surface area (Å²) in [5, 5.41) is 0. The Hall–Kier alpha value is -2.85. The average Bonchev–Trinajstić information content (AvgIpc) is 2.70. The summed E-state index contributed by atoms with van der Waals surface area (Å²) in [6.07, 6.45) is 1.82. The van der Waals surface area contributed by atoms with Gasteiger partial charge in [-0.25, -0.2) is 4.79 Å². The Morgan fingerprint density at radius 2 is 1.52 bits per heavy atom. The number of esters is 1. The minimum atomic E-state index is -0.310. The summed E-state index contributed by atoms with van der Waals surface area (Å²) in [5.74, 6) is -0.310. The molecule has 0 radical (unpaired) electrons. The molecule has 0 bridgehead atoms. The second-order valence-corrected chi connectivity index (χ2v) is 7.16. The molecule has 3 rings (SSSR count). The molecule has 136 valence electrons. The highest BCUT2D eigenvalue weighted by Crippen LogP contribution is 2.27. The van der Waals surface area contributed by atoms with Crippen molar-refractivity contribution in [3.8, 4) is 0 Å². The Kier molecular flexibility index (Phi) is 6.44. The normalized spacial score (nSPS) is 10.9. The van der Waals surface area contributed by atoms with E-state index >= 15 is 0 Å². The molecule has 0 saturated heterocycles. The van der Waals surface area contributed by atoms with E-state index in [1.807, 2.05) is 30.5 Å². The number of carbonyl (C=O) groups is 1. The molecule has 3 aromatic rings. The summed E-state index contributed by atoms with van der Waals surface area (Å²) in [5.41, 5.74) is 3.62. The van der Waals surface area contributed by atoms with Crippen LogP contribution in [0, 0.1) is 6.92 Å². The van der Waals surface area contributed by atoms with Crippen LogP contribution >= 0.6 is 11.8 Å². The lowest BCUT2D eigenvalue weighted by atomic mass is 10.2. The molecule has 0 saturated carbocycles. The molecule has 0 N–H and O–H groups in total. The standard InChI is InChI=1S/C23H21NO2S/c1-3-26-23(25)19-8-10-20(11-9-19)24-16-18-6-14-22(15-7-18)27-21-12-4-17(2)5-13-21/h4-16H,3H2,1-2H3. The minimum absolute atomic E-state index is 0.310. The van der Waals surface area contributed by atoms with Gasteiger partial charge in [0.25, 0.3) is 0 Å². The van der Waals surface area contributed by atoms with Gasteiger partial charge < -0.3 is 4.74 Å². The molecule has 0 fully saturated rings. The SMILES string of the molecule is CCOC(=O)c1ccc(N=Cc2ccc(Sc3ccc(C)cc3)cc2)cc1. The Labute approximate surface area is 164 Å². The molecular formula is C23H21NO2S. The third kappa shape index (κ3) is 5.56. The molecule has 3 aromatic carbocycles. The Morgan fingerprint density at radius 3 is 2.11 bits per heavy atom. The van der Waals surface area contributed by atoms with E-state index in [0.29, 0.717) is 12.2 Å².